The van der Waals surface area contributed by atoms with Crippen LogP contribution < -0.4 is 10.6 Å². The third-order valence-electron chi connectivity index (χ3n) is 6.90. The molecule has 200 valence electrons. The highest BCUT2D eigenvalue weighted by Crippen LogP contribution is 2.50. The van der Waals surface area contributed by atoms with E-state index in [1.807, 2.05) is 6.92 Å². The van der Waals surface area contributed by atoms with Crippen molar-refractivity contribution in [3.8, 4) is 0 Å². The van der Waals surface area contributed by atoms with Crippen LogP contribution in [0.25, 0.3) is 0 Å². The Morgan fingerprint density at radius 3 is 2.27 bits per heavy atom. The summed E-state index contributed by atoms with van der Waals surface area (Å²) in [5, 5.41) is 5.82. The van der Waals surface area contributed by atoms with E-state index in [1.54, 1.807) is 12.1 Å². The van der Waals surface area contributed by atoms with Gasteiger partial charge in [-0.05, 0) is 55.3 Å². The molecule has 0 radical (unpaired) electrons. The summed E-state index contributed by atoms with van der Waals surface area (Å²) in [6.45, 7) is 3.41. The number of carbonyl (C=O) groups is 2. The molecule has 2 fully saturated rings. The summed E-state index contributed by atoms with van der Waals surface area (Å²) in [6.07, 6.45) is 0.796. The van der Waals surface area contributed by atoms with Crippen molar-refractivity contribution in [2.45, 2.75) is 30.8 Å². The van der Waals surface area contributed by atoms with E-state index in [2.05, 4.69) is 10.6 Å². The highest BCUT2D eigenvalue weighted by Gasteiger charge is 2.50. The molecular weight excluding hydrogens is 504 g/mol. The first-order valence-electron chi connectivity index (χ1n) is 12.2. The van der Waals surface area contributed by atoms with E-state index in [0.29, 0.717) is 26.3 Å². The fraction of sp³-hybridized carbons (Fsp3) is 0.462. The van der Waals surface area contributed by atoms with Crippen molar-refractivity contribution < 1.29 is 31.5 Å². The number of morpholine rings is 1. The standard InChI is InChI=1S/C26H31F2N3O5S/c1-26(16-22(26)18-2-6-20(27)7-3-18)29-10-15-37(34,35)17-23(25(33)31-11-13-36-14-12-31)30-24(32)19-4-8-21(28)9-5-19/h2-9,22-23,29H,10-17H2,1H3,(H,30,32)/t22-,23+,26-/m1/s1. The van der Waals surface area contributed by atoms with Crippen molar-refractivity contribution in [1.29, 1.82) is 0 Å². The van der Waals surface area contributed by atoms with Crippen LogP contribution in [-0.4, -0.2) is 81.1 Å². The van der Waals surface area contributed by atoms with Gasteiger partial charge in [0.25, 0.3) is 5.91 Å². The van der Waals surface area contributed by atoms with Crippen LogP contribution in [0, 0.1) is 11.6 Å². The molecular formula is C26H31F2N3O5S. The van der Waals surface area contributed by atoms with Gasteiger partial charge < -0.3 is 20.3 Å². The minimum absolute atomic E-state index is 0.119. The van der Waals surface area contributed by atoms with Gasteiger partial charge in [-0.2, -0.15) is 0 Å². The summed E-state index contributed by atoms with van der Waals surface area (Å²) in [5.41, 5.74) is 0.806. The SMILES string of the molecule is C[C@@]1(NCCS(=O)(=O)C[C@H](NC(=O)c2ccc(F)cc2)C(=O)N2CCOCC2)C[C@@H]1c1ccc(F)cc1. The molecule has 2 aromatic rings. The average molecular weight is 536 g/mol. The molecule has 0 unspecified atom stereocenters. The summed E-state index contributed by atoms with van der Waals surface area (Å²) in [6, 6.07) is 9.77. The quantitative estimate of drug-likeness (QED) is 0.482. The van der Waals surface area contributed by atoms with E-state index in [-0.39, 0.29) is 35.1 Å². The molecule has 1 heterocycles. The van der Waals surface area contributed by atoms with Crippen LogP contribution in [0.5, 0.6) is 0 Å². The zero-order chi connectivity index (χ0) is 26.6. The zero-order valence-corrected chi connectivity index (χ0v) is 21.4. The number of carbonyl (C=O) groups excluding carboxylic acids is 2. The molecule has 2 aliphatic rings. The number of amides is 2. The monoisotopic (exact) mass is 535 g/mol. The number of sulfone groups is 1. The Kier molecular flexibility index (Phi) is 8.25. The molecule has 0 aromatic heterocycles. The van der Waals surface area contributed by atoms with E-state index in [0.717, 1.165) is 24.1 Å². The van der Waals surface area contributed by atoms with Gasteiger partial charge in [0.2, 0.25) is 5.91 Å². The van der Waals surface area contributed by atoms with Crippen molar-refractivity contribution in [3.63, 3.8) is 0 Å². The summed E-state index contributed by atoms with van der Waals surface area (Å²) in [5.74, 6) is -2.61. The minimum atomic E-state index is -3.75. The average Bonchev–Trinajstić information content (AvgIpc) is 3.55. The van der Waals surface area contributed by atoms with Crippen molar-refractivity contribution in [3.05, 3.63) is 71.3 Å². The van der Waals surface area contributed by atoms with Crippen molar-refractivity contribution >= 4 is 21.7 Å². The molecule has 3 atom stereocenters. The smallest absolute Gasteiger partial charge is 0.251 e. The van der Waals surface area contributed by atoms with E-state index >= 15 is 0 Å². The van der Waals surface area contributed by atoms with Gasteiger partial charge in [-0.15, -0.1) is 0 Å². The van der Waals surface area contributed by atoms with Crippen LogP contribution in [0.15, 0.2) is 48.5 Å². The normalized spacial score (nSPS) is 22.4. The van der Waals surface area contributed by atoms with Crippen LogP contribution in [0.3, 0.4) is 0 Å². The maximum atomic E-state index is 13.2. The number of hydrogen-bond donors (Lipinski definition) is 2. The molecule has 4 rings (SSSR count). The number of nitrogens with one attached hydrogen (secondary N) is 2. The lowest BCUT2D eigenvalue weighted by Gasteiger charge is -2.30. The Balaban J connectivity index is 1.37. The fourth-order valence-corrected chi connectivity index (χ4v) is 5.91. The predicted octanol–water partition coefficient (Wildman–Crippen LogP) is 1.87. The maximum absolute atomic E-state index is 13.2. The number of rotatable bonds is 10. The summed E-state index contributed by atoms with van der Waals surface area (Å²) >= 11 is 0. The molecule has 2 N–H and O–H groups in total. The Hall–Kier alpha value is -2.89. The molecule has 8 nitrogen and oxygen atoms in total. The summed E-state index contributed by atoms with van der Waals surface area (Å²) in [4.78, 5) is 27.4. The van der Waals surface area contributed by atoms with Gasteiger partial charge in [0.1, 0.15) is 17.7 Å². The Labute approximate surface area is 215 Å². The molecule has 2 aromatic carbocycles. The number of hydrogen-bond acceptors (Lipinski definition) is 6. The van der Waals surface area contributed by atoms with Crippen LogP contribution in [-0.2, 0) is 19.4 Å². The number of benzene rings is 2. The highest BCUT2D eigenvalue weighted by molar-refractivity contribution is 7.91. The zero-order valence-electron chi connectivity index (χ0n) is 20.6. The first kappa shape index (κ1) is 27.2. The molecule has 1 aliphatic heterocycles. The Morgan fingerprint density at radius 2 is 1.65 bits per heavy atom. The van der Waals surface area contributed by atoms with E-state index in [9.17, 15) is 26.8 Å². The van der Waals surface area contributed by atoms with Crippen LogP contribution in [0.4, 0.5) is 8.78 Å². The van der Waals surface area contributed by atoms with Crippen LogP contribution >= 0.6 is 0 Å². The fourth-order valence-electron chi connectivity index (χ4n) is 4.59. The number of ether oxygens (including phenoxy) is 1. The second kappa shape index (κ2) is 11.2. The second-order valence-electron chi connectivity index (χ2n) is 9.74. The molecule has 37 heavy (non-hydrogen) atoms. The lowest BCUT2D eigenvalue weighted by atomic mass is 10.1. The molecule has 11 heteroatoms. The van der Waals surface area contributed by atoms with Gasteiger partial charge in [0, 0.05) is 36.7 Å². The second-order valence-corrected chi connectivity index (χ2v) is 12.0. The third-order valence-corrected chi connectivity index (χ3v) is 8.57. The first-order valence-corrected chi connectivity index (χ1v) is 14.0. The lowest BCUT2D eigenvalue weighted by Crippen LogP contribution is -2.54. The van der Waals surface area contributed by atoms with E-state index < -0.39 is 39.3 Å². The van der Waals surface area contributed by atoms with E-state index in [1.165, 1.54) is 29.2 Å². The van der Waals surface area contributed by atoms with Gasteiger partial charge in [0.05, 0.1) is 24.7 Å². The van der Waals surface area contributed by atoms with Crippen molar-refractivity contribution in [2.24, 2.45) is 0 Å². The first-order chi connectivity index (χ1) is 17.6. The van der Waals surface area contributed by atoms with Gasteiger partial charge in [-0.3, -0.25) is 9.59 Å². The summed E-state index contributed by atoms with van der Waals surface area (Å²) in [7, 11) is -3.75. The maximum Gasteiger partial charge on any atom is 0.251 e. The molecule has 2 amide bonds. The van der Waals surface area contributed by atoms with Crippen molar-refractivity contribution in [2.75, 3.05) is 44.4 Å². The van der Waals surface area contributed by atoms with Gasteiger partial charge >= 0.3 is 0 Å². The molecule has 1 saturated carbocycles. The largest absolute Gasteiger partial charge is 0.378 e. The predicted molar refractivity (Wildman–Crippen MR) is 134 cm³/mol. The molecule has 1 saturated heterocycles. The van der Waals surface area contributed by atoms with Crippen LogP contribution in [0.1, 0.15) is 35.2 Å². The lowest BCUT2D eigenvalue weighted by molar-refractivity contribution is -0.136. The van der Waals surface area contributed by atoms with Gasteiger partial charge in [-0.25, -0.2) is 17.2 Å². The van der Waals surface area contributed by atoms with Gasteiger partial charge in [-0.1, -0.05) is 12.1 Å². The molecule has 1 aliphatic carbocycles. The minimum Gasteiger partial charge on any atom is -0.378 e. The summed E-state index contributed by atoms with van der Waals surface area (Å²) < 4.78 is 57.7. The molecule has 0 spiro atoms. The van der Waals surface area contributed by atoms with Crippen molar-refractivity contribution in [1.82, 2.24) is 15.5 Å². The highest BCUT2D eigenvalue weighted by atomic mass is 32.2. The van der Waals surface area contributed by atoms with Gasteiger partial charge in [0.15, 0.2) is 9.84 Å². The number of nitrogens with zero attached hydrogens (tertiary/aromatic N) is 1. The Bertz CT molecular complexity index is 1220. The molecule has 0 bridgehead atoms. The third kappa shape index (κ3) is 7.12. The van der Waals surface area contributed by atoms with Crippen LogP contribution in [0.2, 0.25) is 0 Å². The number of halogens is 2. The van der Waals surface area contributed by atoms with E-state index in [4.69, 9.17) is 4.74 Å². The Morgan fingerprint density at radius 1 is 1.05 bits per heavy atom. The topological polar surface area (TPSA) is 105 Å².